The third-order valence-corrected chi connectivity index (χ3v) is 3.95. The van der Waals surface area contributed by atoms with E-state index in [0.29, 0.717) is 23.4 Å². The summed E-state index contributed by atoms with van der Waals surface area (Å²) in [5.41, 5.74) is 8.28. The van der Waals surface area contributed by atoms with Crippen molar-refractivity contribution in [3.05, 3.63) is 70.8 Å². The van der Waals surface area contributed by atoms with Crippen LogP contribution in [0.4, 0.5) is 0 Å². The summed E-state index contributed by atoms with van der Waals surface area (Å²) in [6.45, 7) is 0.388. The minimum atomic E-state index is -0.172. The minimum Gasteiger partial charge on any atom is -0.379 e. The molecule has 0 aliphatic rings. The second kappa shape index (κ2) is 8.01. The number of amides is 1. The van der Waals surface area contributed by atoms with E-state index in [1.807, 2.05) is 24.3 Å². The molecule has 0 atom stereocenters. The van der Waals surface area contributed by atoms with Gasteiger partial charge in [0, 0.05) is 17.9 Å². The molecule has 0 spiro atoms. The molecule has 116 valence electrons. The first-order valence-corrected chi connectivity index (χ1v) is 7.90. The molecule has 23 heavy (non-hydrogen) atoms. The molecular formula is C17H16N4OS. The van der Waals surface area contributed by atoms with E-state index >= 15 is 0 Å². The second-order valence-electron chi connectivity index (χ2n) is 4.80. The van der Waals surface area contributed by atoms with Gasteiger partial charge in [-0.05, 0) is 29.3 Å². The molecule has 4 N–H and O–H groups in total. The quantitative estimate of drug-likeness (QED) is 0.581. The number of rotatable bonds is 5. The number of nitriles is 1. The van der Waals surface area contributed by atoms with Crippen LogP contribution in [0.2, 0.25) is 0 Å². The Labute approximate surface area is 139 Å². The molecule has 0 bridgehead atoms. The number of carbonyl (C=O) groups excluding carboxylic acids is 1. The van der Waals surface area contributed by atoms with Gasteiger partial charge in [0.2, 0.25) is 0 Å². The van der Waals surface area contributed by atoms with Crippen molar-refractivity contribution in [1.82, 2.24) is 5.32 Å². The first kappa shape index (κ1) is 16.6. The number of carbonyl (C=O) groups is 1. The lowest BCUT2D eigenvalue weighted by Gasteiger charge is -2.10. The molecule has 2 aromatic rings. The van der Waals surface area contributed by atoms with Crippen molar-refractivity contribution < 1.29 is 4.79 Å². The van der Waals surface area contributed by atoms with E-state index in [1.54, 1.807) is 24.3 Å². The molecule has 0 saturated heterocycles. The van der Waals surface area contributed by atoms with Crippen LogP contribution in [0.1, 0.15) is 27.0 Å². The lowest BCUT2D eigenvalue weighted by Crippen LogP contribution is -2.24. The molecule has 5 nitrogen and oxygen atoms in total. The summed E-state index contributed by atoms with van der Waals surface area (Å²) < 4.78 is 0. The zero-order chi connectivity index (χ0) is 16.7. The van der Waals surface area contributed by atoms with Crippen molar-refractivity contribution in [3.63, 3.8) is 0 Å². The molecule has 0 aliphatic carbocycles. The van der Waals surface area contributed by atoms with Crippen molar-refractivity contribution in [1.29, 1.82) is 10.7 Å². The van der Waals surface area contributed by atoms with Gasteiger partial charge in [-0.1, -0.05) is 42.1 Å². The lowest BCUT2D eigenvalue weighted by atomic mass is 10.1. The maximum atomic E-state index is 12.3. The fourth-order valence-corrected chi connectivity index (χ4v) is 2.56. The number of amidine groups is 1. The molecule has 0 aromatic heterocycles. The standard InChI is InChI=1S/C17H16N4OS/c18-9-12-5-7-13(8-6-12)10-21-16(22)15-4-2-1-3-14(15)11-23-17(19)20/h1-8H,10-11H2,(H3,19,20)(H,21,22). The molecule has 0 unspecified atom stereocenters. The van der Waals surface area contributed by atoms with Crippen LogP contribution >= 0.6 is 11.8 Å². The van der Waals surface area contributed by atoms with Crippen LogP contribution in [0.3, 0.4) is 0 Å². The highest BCUT2D eigenvalue weighted by atomic mass is 32.2. The summed E-state index contributed by atoms with van der Waals surface area (Å²) in [7, 11) is 0. The van der Waals surface area contributed by atoms with Crippen molar-refractivity contribution in [2.45, 2.75) is 12.3 Å². The van der Waals surface area contributed by atoms with E-state index in [-0.39, 0.29) is 11.1 Å². The number of nitrogens with zero attached hydrogens (tertiary/aromatic N) is 1. The van der Waals surface area contributed by atoms with E-state index < -0.39 is 0 Å². The van der Waals surface area contributed by atoms with Crippen molar-refractivity contribution in [3.8, 4) is 6.07 Å². The molecule has 1 amide bonds. The third kappa shape index (κ3) is 4.87. The molecule has 0 heterocycles. The van der Waals surface area contributed by atoms with E-state index in [9.17, 15) is 4.79 Å². The topological polar surface area (TPSA) is 103 Å². The predicted molar refractivity (Wildman–Crippen MR) is 92.0 cm³/mol. The van der Waals surface area contributed by atoms with Crippen LogP contribution in [-0.2, 0) is 12.3 Å². The van der Waals surface area contributed by atoms with Gasteiger partial charge in [-0.25, -0.2) is 0 Å². The Balaban J connectivity index is 2.02. The first-order chi connectivity index (χ1) is 11.1. The number of nitrogens with one attached hydrogen (secondary N) is 2. The van der Waals surface area contributed by atoms with Gasteiger partial charge in [0.15, 0.2) is 5.17 Å². The molecule has 6 heteroatoms. The zero-order valence-corrected chi connectivity index (χ0v) is 13.2. The average Bonchev–Trinajstić information content (AvgIpc) is 2.58. The Morgan fingerprint density at radius 2 is 1.91 bits per heavy atom. The molecular weight excluding hydrogens is 308 g/mol. The number of hydrogen-bond donors (Lipinski definition) is 3. The van der Waals surface area contributed by atoms with Crippen LogP contribution in [0, 0.1) is 16.7 Å². The van der Waals surface area contributed by atoms with Gasteiger partial charge in [-0.15, -0.1) is 0 Å². The van der Waals surface area contributed by atoms with Crippen LogP contribution in [0.5, 0.6) is 0 Å². The highest BCUT2D eigenvalue weighted by Gasteiger charge is 2.11. The molecule has 2 aromatic carbocycles. The van der Waals surface area contributed by atoms with Gasteiger partial charge in [0.05, 0.1) is 11.6 Å². The van der Waals surface area contributed by atoms with E-state index in [0.717, 1.165) is 11.1 Å². The summed E-state index contributed by atoms with van der Waals surface area (Å²) >= 11 is 1.18. The van der Waals surface area contributed by atoms with E-state index in [1.165, 1.54) is 11.8 Å². The van der Waals surface area contributed by atoms with Gasteiger partial charge >= 0.3 is 0 Å². The number of nitrogens with two attached hydrogens (primary N) is 1. The van der Waals surface area contributed by atoms with Gasteiger partial charge in [0.25, 0.3) is 5.91 Å². The normalized spacial score (nSPS) is 9.87. The third-order valence-electron chi connectivity index (χ3n) is 3.18. The fraction of sp³-hybridized carbons (Fsp3) is 0.118. The first-order valence-electron chi connectivity index (χ1n) is 6.92. The Bertz CT molecular complexity index is 750. The van der Waals surface area contributed by atoms with Crippen molar-refractivity contribution in [2.75, 3.05) is 0 Å². The van der Waals surface area contributed by atoms with Gasteiger partial charge in [-0.2, -0.15) is 5.26 Å². The van der Waals surface area contributed by atoms with Crippen molar-refractivity contribution in [2.24, 2.45) is 5.73 Å². The highest BCUT2D eigenvalue weighted by Crippen LogP contribution is 2.16. The molecule has 0 radical (unpaired) electrons. The van der Waals surface area contributed by atoms with Gasteiger partial charge in [0.1, 0.15) is 0 Å². The van der Waals surface area contributed by atoms with E-state index in [2.05, 4.69) is 11.4 Å². The van der Waals surface area contributed by atoms with E-state index in [4.69, 9.17) is 16.4 Å². The van der Waals surface area contributed by atoms with Gasteiger partial charge in [-0.3, -0.25) is 10.2 Å². The smallest absolute Gasteiger partial charge is 0.251 e. The lowest BCUT2D eigenvalue weighted by molar-refractivity contribution is 0.0950. The second-order valence-corrected chi connectivity index (χ2v) is 5.82. The molecule has 0 aliphatic heterocycles. The van der Waals surface area contributed by atoms with Crippen LogP contribution < -0.4 is 11.1 Å². The van der Waals surface area contributed by atoms with Gasteiger partial charge < -0.3 is 11.1 Å². The summed E-state index contributed by atoms with van der Waals surface area (Å²) in [6.07, 6.45) is 0. The number of hydrogen-bond acceptors (Lipinski definition) is 4. The van der Waals surface area contributed by atoms with Crippen LogP contribution in [-0.4, -0.2) is 11.1 Å². The largest absolute Gasteiger partial charge is 0.379 e. The number of thioether (sulfide) groups is 1. The van der Waals surface area contributed by atoms with Crippen LogP contribution in [0.25, 0.3) is 0 Å². The maximum Gasteiger partial charge on any atom is 0.251 e. The summed E-state index contributed by atoms with van der Waals surface area (Å²) in [4.78, 5) is 12.3. The van der Waals surface area contributed by atoms with Crippen molar-refractivity contribution >= 4 is 22.8 Å². The monoisotopic (exact) mass is 324 g/mol. The Morgan fingerprint density at radius 1 is 1.22 bits per heavy atom. The fourth-order valence-electron chi connectivity index (χ4n) is 2.00. The maximum absolute atomic E-state index is 12.3. The minimum absolute atomic E-state index is 0.0257. The molecule has 0 fully saturated rings. The Morgan fingerprint density at radius 3 is 2.57 bits per heavy atom. The summed E-state index contributed by atoms with van der Waals surface area (Å²) in [5, 5.41) is 18.9. The SMILES string of the molecule is N#Cc1ccc(CNC(=O)c2ccccc2CSC(=N)N)cc1. The predicted octanol–water partition coefficient (Wildman–Crippen LogP) is 2.61. The molecule has 0 saturated carbocycles. The Kier molecular flexibility index (Phi) is 5.78. The summed E-state index contributed by atoms with van der Waals surface area (Å²) in [5.74, 6) is 0.310. The summed E-state index contributed by atoms with van der Waals surface area (Å²) in [6, 6.07) is 16.4. The average molecular weight is 324 g/mol. The highest BCUT2D eigenvalue weighted by molar-refractivity contribution is 8.13. The van der Waals surface area contributed by atoms with Crippen LogP contribution in [0.15, 0.2) is 48.5 Å². The molecule has 2 rings (SSSR count). The zero-order valence-electron chi connectivity index (χ0n) is 12.4. The Hall–Kier alpha value is -2.78. The number of benzene rings is 2.